The molecule has 0 spiro atoms. The summed E-state index contributed by atoms with van der Waals surface area (Å²) in [4.78, 5) is 16.1. The van der Waals surface area contributed by atoms with Gasteiger partial charge in [0.25, 0.3) is 0 Å². The Morgan fingerprint density at radius 2 is 1.78 bits per heavy atom. The van der Waals surface area contributed by atoms with Gasteiger partial charge in [0.2, 0.25) is 5.95 Å². The van der Waals surface area contributed by atoms with Crippen LogP contribution in [0.4, 0.5) is 17.6 Å². The number of nitrogen functional groups attached to an aromatic ring is 1. The standard InChI is InChI=1S/C26H36N8O2S/c1-18-11-19-3-4-20(22-14-28-34(16-22)23-5-10-37(35,36)17-23)12-21(19)15-33(18)25-13-24(29-26(27)30-25)32-8-6-31(2)7-9-32/h3-4,12-14,16,18,23,35-36H,5-11,15,17H2,1-2H3,(H2,27,29,30). The van der Waals surface area contributed by atoms with Crippen molar-refractivity contribution >= 4 is 28.2 Å². The van der Waals surface area contributed by atoms with E-state index in [4.69, 9.17) is 5.73 Å². The van der Waals surface area contributed by atoms with Crippen LogP contribution in [-0.4, -0.2) is 84.5 Å². The third-order valence-corrected chi connectivity index (χ3v) is 9.79. The molecular weight excluding hydrogens is 488 g/mol. The van der Waals surface area contributed by atoms with Gasteiger partial charge in [-0.2, -0.15) is 25.7 Å². The molecule has 6 rings (SSSR count). The van der Waals surface area contributed by atoms with Crippen molar-refractivity contribution in [1.82, 2.24) is 24.6 Å². The van der Waals surface area contributed by atoms with Gasteiger partial charge in [-0.25, -0.2) is 0 Å². The van der Waals surface area contributed by atoms with Gasteiger partial charge in [-0.15, -0.1) is 0 Å². The summed E-state index contributed by atoms with van der Waals surface area (Å²) in [7, 11) is -0.309. The topological polar surface area (TPSA) is 120 Å². The molecule has 2 fully saturated rings. The van der Waals surface area contributed by atoms with Crippen molar-refractivity contribution in [1.29, 1.82) is 0 Å². The Kier molecular flexibility index (Phi) is 6.26. The van der Waals surface area contributed by atoms with Gasteiger partial charge >= 0.3 is 0 Å². The Balaban J connectivity index is 1.24. The second kappa shape index (κ2) is 9.46. The molecule has 2 saturated heterocycles. The number of hydrogen-bond donors (Lipinski definition) is 3. The Hall–Kier alpha value is -2.86. The highest BCUT2D eigenvalue weighted by molar-refractivity contribution is 8.24. The third kappa shape index (κ3) is 5.00. The molecule has 3 aliphatic rings. The molecule has 2 aromatic heterocycles. The summed E-state index contributed by atoms with van der Waals surface area (Å²) in [6.45, 7) is 6.87. The number of aromatic nitrogens is 4. The van der Waals surface area contributed by atoms with Gasteiger partial charge in [-0.3, -0.25) is 13.8 Å². The lowest BCUT2D eigenvalue weighted by Crippen LogP contribution is -2.45. The minimum absolute atomic E-state index is 0.0467. The largest absolute Gasteiger partial charge is 0.368 e. The Morgan fingerprint density at radius 1 is 1.00 bits per heavy atom. The van der Waals surface area contributed by atoms with Crippen LogP contribution in [-0.2, 0) is 13.0 Å². The molecule has 2 unspecified atom stereocenters. The van der Waals surface area contributed by atoms with Crippen LogP contribution in [0.1, 0.15) is 30.5 Å². The predicted molar refractivity (Wildman–Crippen MR) is 149 cm³/mol. The van der Waals surface area contributed by atoms with E-state index in [1.165, 1.54) is 11.1 Å². The van der Waals surface area contributed by atoms with E-state index < -0.39 is 10.6 Å². The fourth-order valence-corrected chi connectivity index (χ4v) is 7.46. The number of likely N-dealkylation sites (N-methyl/N-ethyl adjacent to an activating group) is 1. The molecule has 5 heterocycles. The van der Waals surface area contributed by atoms with Gasteiger partial charge in [0.1, 0.15) is 11.6 Å². The highest BCUT2D eigenvalue weighted by Gasteiger charge is 2.30. The zero-order valence-corrected chi connectivity index (χ0v) is 22.3. The molecule has 0 radical (unpaired) electrons. The summed E-state index contributed by atoms with van der Waals surface area (Å²) in [5.41, 5.74) is 11.0. The molecule has 4 N–H and O–H groups in total. The maximum Gasteiger partial charge on any atom is 0.223 e. The second-order valence-corrected chi connectivity index (χ2v) is 13.1. The lowest BCUT2D eigenvalue weighted by Gasteiger charge is -2.37. The number of benzene rings is 1. The summed E-state index contributed by atoms with van der Waals surface area (Å²) in [6.07, 6.45) is 5.59. The fourth-order valence-electron chi connectivity index (χ4n) is 5.71. The first kappa shape index (κ1) is 24.5. The third-order valence-electron chi connectivity index (χ3n) is 7.98. The minimum Gasteiger partial charge on any atom is -0.368 e. The molecule has 0 saturated carbocycles. The first-order valence-corrected chi connectivity index (χ1v) is 14.9. The smallest absolute Gasteiger partial charge is 0.223 e. The molecule has 3 aromatic rings. The van der Waals surface area contributed by atoms with Gasteiger partial charge in [0, 0.05) is 62.3 Å². The number of piperazine rings is 1. The lowest BCUT2D eigenvalue weighted by atomic mass is 9.92. The van der Waals surface area contributed by atoms with Crippen LogP contribution in [0.25, 0.3) is 11.1 Å². The summed E-state index contributed by atoms with van der Waals surface area (Å²) in [5, 5.41) is 4.55. The van der Waals surface area contributed by atoms with E-state index in [2.05, 4.69) is 68.0 Å². The first-order valence-electron chi connectivity index (χ1n) is 13.0. The zero-order chi connectivity index (χ0) is 25.7. The van der Waals surface area contributed by atoms with E-state index in [0.717, 1.165) is 68.3 Å². The van der Waals surface area contributed by atoms with Crippen molar-refractivity contribution in [3.05, 3.63) is 47.8 Å². The fraction of sp³-hybridized carbons (Fsp3) is 0.500. The molecular formula is C26H36N8O2S. The van der Waals surface area contributed by atoms with E-state index in [1.807, 2.05) is 17.1 Å². The Morgan fingerprint density at radius 3 is 2.54 bits per heavy atom. The normalized spacial score (nSPS) is 24.8. The van der Waals surface area contributed by atoms with Gasteiger partial charge < -0.3 is 20.4 Å². The average molecular weight is 525 g/mol. The van der Waals surface area contributed by atoms with Gasteiger partial charge in [0.15, 0.2) is 0 Å². The number of nitrogens with two attached hydrogens (primary N) is 1. The molecule has 0 amide bonds. The highest BCUT2D eigenvalue weighted by atomic mass is 32.3. The lowest BCUT2D eigenvalue weighted by molar-refractivity contribution is 0.312. The number of anilines is 3. The first-order chi connectivity index (χ1) is 17.7. The summed E-state index contributed by atoms with van der Waals surface area (Å²) < 4.78 is 21.9. The maximum atomic E-state index is 10.0. The molecule has 2 atom stereocenters. The van der Waals surface area contributed by atoms with E-state index in [1.54, 1.807) is 0 Å². The highest BCUT2D eigenvalue weighted by Crippen LogP contribution is 2.50. The van der Waals surface area contributed by atoms with Crippen molar-refractivity contribution in [2.75, 3.05) is 60.3 Å². The minimum atomic E-state index is -2.46. The predicted octanol–water partition coefficient (Wildman–Crippen LogP) is 3.32. The number of hydrogen-bond acceptors (Lipinski definition) is 9. The summed E-state index contributed by atoms with van der Waals surface area (Å²) in [6, 6.07) is 9.07. The van der Waals surface area contributed by atoms with Crippen LogP contribution >= 0.6 is 10.6 Å². The molecule has 198 valence electrons. The van der Waals surface area contributed by atoms with Crippen molar-refractivity contribution in [2.24, 2.45) is 0 Å². The number of fused-ring (bicyclic) bond motifs is 1. The Bertz CT molecular complexity index is 1290. The van der Waals surface area contributed by atoms with Gasteiger partial charge in [-0.1, -0.05) is 12.1 Å². The molecule has 10 nitrogen and oxygen atoms in total. The summed E-state index contributed by atoms with van der Waals surface area (Å²) in [5.74, 6) is 2.94. The van der Waals surface area contributed by atoms with Crippen molar-refractivity contribution in [3.63, 3.8) is 0 Å². The molecule has 37 heavy (non-hydrogen) atoms. The van der Waals surface area contributed by atoms with Crippen molar-refractivity contribution in [3.8, 4) is 11.1 Å². The van der Waals surface area contributed by atoms with Crippen LogP contribution in [0.15, 0.2) is 36.7 Å². The van der Waals surface area contributed by atoms with Crippen molar-refractivity contribution in [2.45, 2.75) is 38.4 Å². The van der Waals surface area contributed by atoms with E-state index >= 15 is 0 Å². The van der Waals surface area contributed by atoms with Crippen LogP contribution in [0.3, 0.4) is 0 Å². The summed E-state index contributed by atoms with van der Waals surface area (Å²) >= 11 is 0. The molecule has 0 aliphatic carbocycles. The number of nitrogens with zero attached hydrogens (tertiary/aromatic N) is 7. The zero-order valence-electron chi connectivity index (χ0n) is 21.5. The average Bonchev–Trinajstić information content (AvgIpc) is 3.50. The van der Waals surface area contributed by atoms with Crippen LogP contribution < -0.4 is 15.5 Å². The molecule has 3 aliphatic heterocycles. The SMILES string of the molecule is CC1Cc2ccc(-c3cnn(C4CCS(O)(O)C4)c3)cc2CN1c1cc(N2CCN(C)CC2)nc(N)n1. The maximum absolute atomic E-state index is 10.0. The van der Waals surface area contributed by atoms with Crippen LogP contribution in [0.2, 0.25) is 0 Å². The molecule has 11 heteroatoms. The van der Waals surface area contributed by atoms with Crippen LogP contribution in [0, 0.1) is 0 Å². The van der Waals surface area contributed by atoms with Gasteiger partial charge in [-0.05, 0) is 49.6 Å². The molecule has 1 aromatic carbocycles. The Labute approximate surface area is 219 Å². The van der Waals surface area contributed by atoms with Crippen molar-refractivity contribution < 1.29 is 9.11 Å². The quantitative estimate of drug-likeness (QED) is 0.472. The number of rotatable bonds is 4. The molecule has 0 bridgehead atoms. The monoisotopic (exact) mass is 524 g/mol. The van der Waals surface area contributed by atoms with Crippen LogP contribution in [0.5, 0.6) is 0 Å². The van der Waals surface area contributed by atoms with Gasteiger partial charge in [0.05, 0.1) is 18.0 Å². The second-order valence-electron chi connectivity index (χ2n) is 10.7. The van der Waals surface area contributed by atoms with E-state index in [9.17, 15) is 9.11 Å². The van der Waals surface area contributed by atoms with E-state index in [0.29, 0.717) is 17.5 Å². The van der Waals surface area contributed by atoms with E-state index in [-0.39, 0.29) is 12.1 Å².